The van der Waals surface area contributed by atoms with Gasteiger partial charge in [-0.05, 0) is 24.1 Å². The molecule has 1 atom stereocenters. The van der Waals surface area contributed by atoms with E-state index in [-0.39, 0.29) is 12.7 Å². The molecule has 21 heavy (non-hydrogen) atoms. The molecule has 1 aliphatic heterocycles. The first-order chi connectivity index (χ1) is 10.2. The molecule has 0 amide bonds. The summed E-state index contributed by atoms with van der Waals surface area (Å²) in [6, 6.07) is 3.89. The van der Waals surface area contributed by atoms with Crippen LogP contribution in [0.25, 0.3) is 0 Å². The summed E-state index contributed by atoms with van der Waals surface area (Å²) in [4.78, 5) is 2.32. The van der Waals surface area contributed by atoms with E-state index in [0.29, 0.717) is 17.9 Å². The lowest BCUT2D eigenvalue weighted by atomic mass is 10.0. The van der Waals surface area contributed by atoms with E-state index >= 15 is 0 Å². The van der Waals surface area contributed by atoms with Crippen LogP contribution in [0.4, 0.5) is 4.39 Å². The number of alkyl halides is 1. The number of methoxy groups -OCH3 is 2. The Bertz CT molecular complexity index is 467. The van der Waals surface area contributed by atoms with Crippen molar-refractivity contribution < 1.29 is 13.9 Å². The van der Waals surface area contributed by atoms with Crippen molar-refractivity contribution in [1.29, 1.82) is 0 Å². The third-order valence-corrected chi connectivity index (χ3v) is 4.52. The van der Waals surface area contributed by atoms with Gasteiger partial charge < -0.3 is 14.8 Å². The largest absolute Gasteiger partial charge is 0.493 e. The van der Waals surface area contributed by atoms with Gasteiger partial charge in [-0.15, -0.1) is 0 Å². The van der Waals surface area contributed by atoms with E-state index in [2.05, 4.69) is 26.1 Å². The molecule has 1 aromatic rings. The number of rotatable bonds is 6. The minimum atomic E-state index is -0.338. The molecular weight excluding hydrogens is 339 g/mol. The van der Waals surface area contributed by atoms with Gasteiger partial charge in [0.2, 0.25) is 0 Å². The van der Waals surface area contributed by atoms with Crippen molar-refractivity contribution >= 4 is 15.9 Å². The first-order valence-corrected chi connectivity index (χ1v) is 7.92. The number of nitrogens with zero attached hydrogens (tertiary/aromatic N) is 1. The standard InChI is InChI=1S/C15H22BrFN2O2/c1-20-14-9-11(12(16)10-15(14)21-2)13(3-4-17)19-7-5-18-6-8-19/h9-10,13,18H,3-8H2,1-2H3/t13-/m1/s1. The van der Waals surface area contributed by atoms with Crippen molar-refractivity contribution in [3.8, 4) is 11.5 Å². The van der Waals surface area contributed by atoms with Crippen LogP contribution in [0.5, 0.6) is 11.5 Å². The van der Waals surface area contributed by atoms with Gasteiger partial charge in [0.1, 0.15) is 0 Å². The average Bonchev–Trinajstić information content (AvgIpc) is 2.53. The summed E-state index contributed by atoms with van der Waals surface area (Å²) < 4.78 is 24.6. The predicted octanol–water partition coefficient (Wildman–Crippen LogP) is 2.77. The Kier molecular flexibility index (Phi) is 6.26. The van der Waals surface area contributed by atoms with E-state index in [4.69, 9.17) is 9.47 Å². The number of benzene rings is 1. The molecule has 1 fully saturated rings. The van der Waals surface area contributed by atoms with Crippen molar-refractivity contribution in [1.82, 2.24) is 10.2 Å². The Hall–Kier alpha value is -0.850. The highest BCUT2D eigenvalue weighted by Crippen LogP contribution is 2.39. The van der Waals surface area contributed by atoms with Crippen LogP contribution in [0.2, 0.25) is 0 Å². The van der Waals surface area contributed by atoms with Crippen LogP contribution >= 0.6 is 15.9 Å². The van der Waals surface area contributed by atoms with Crippen molar-refractivity contribution in [3.05, 3.63) is 22.2 Å². The van der Waals surface area contributed by atoms with E-state index < -0.39 is 0 Å². The number of ether oxygens (including phenoxy) is 2. The van der Waals surface area contributed by atoms with Gasteiger partial charge in [0.25, 0.3) is 0 Å². The summed E-state index contributed by atoms with van der Waals surface area (Å²) in [5, 5.41) is 3.33. The Morgan fingerprint density at radius 2 is 1.86 bits per heavy atom. The number of hydrogen-bond acceptors (Lipinski definition) is 4. The minimum absolute atomic E-state index is 0.0475. The average molecular weight is 361 g/mol. The number of halogens is 2. The van der Waals surface area contributed by atoms with E-state index in [1.807, 2.05) is 12.1 Å². The van der Waals surface area contributed by atoms with Crippen LogP contribution in [-0.2, 0) is 0 Å². The Labute approximate surface area is 133 Å². The molecule has 4 nitrogen and oxygen atoms in total. The zero-order chi connectivity index (χ0) is 15.2. The van der Waals surface area contributed by atoms with Gasteiger partial charge in [-0.3, -0.25) is 9.29 Å². The van der Waals surface area contributed by atoms with Crippen molar-refractivity contribution in [3.63, 3.8) is 0 Å². The van der Waals surface area contributed by atoms with Crippen LogP contribution in [0.3, 0.4) is 0 Å². The lowest BCUT2D eigenvalue weighted by Gasteiger charge is -2.35. The molecule has 0 unspecified atom stereocenters. The highest BCUT2D eigenvalue weighted by atomic mass is 79.9. The van der Waals surface area contributed by atoms with Crippen molar-refractivity contribution in [2.24, 2.45) is 0 Å². The van der Waals surface area contributed by atoms with E-state index in [9.17, 15) is 4.39 Å². The number of hydrogen-bond donors (Lipinski definition) is 1. The zero-order valence-electron chi connectivity index (χ0n) is 12.5. The Balaban J connectivity index is 2.34. The zero-order valence-corrected chi connectivity index (χ0v) is 14.1. The summed E-state index contributed by atoms with van der Waals surface area (Å²) >= 11 is 3.59. The van der Waals surface area contributed by atoms with Crippen LogP contribution in [0, 0.1) is 0 Å². The van der Waals surface area contributed by atoms with Crippen molar-refractivity contribution in [2.75, 3.05) is 47.1 Å². The minimum Gasteiger partial charge on any atom is -0.493 e. The lowest BCUT2D eigenvalue weighted by Crippen LogP contribution is -2.45. The molecule has 1 saturated heterocycles. The molecule has 6 heteroatoms. The first-order valence-electron chi connectivity index (χ1n) is 7.13. The normalized spacial score (nSPS) is 17.5. The summed E-state index contributed by atoms with van der Waals surface area (Å²) in [7, 11) is 3.23. The molecule has 0 saturated carbocycles. The number of nitrogens with one attached hydrogen (secondary N) is 1. The molecule has 0 radical (unpaired) electrons. The van der Waals surface area contributed by atoms with Crippen LogP contribution in [0.15, 0.2) is 16.6 Å². The molecule has 0 aliphatic carbocycles. The summed E-state index contributed by atoms with van der Waals surface area (Å²) in [5.41, 5.74) is 1.05. The summed E-state index contributed by atoms with van der Waals surface area (Å²) in [6.45, 7) is 3.38. The second kappa shape index (κ2) is 7.96. The Morgan fingerprint density at radius 1 is 1.24 bits per heavy atom. The molecule has 0 aromatic heterocycles. The maximum absolute atomic E-state index is 13.0. The maximum atomic E-state index is 13.0. The molecule has 1 heterocycles. The summed E-state index contributed by atoms with van der Waals surface area (Å²) in [6.07, 6.45) is 0.480. The summed E-state index contributed by atoms with van der Waals surface area (Å²) in [5.74, 6) is 1.35. The Morgan fingerprint density at radius 3 is 2.43 bits per heavy atom. The molecule has 118 valence electrons. The molecule has 1 aliphatic rings. The monoisotopic (exact) mass is 360 g/mol. The fourth-order valence-electron chi connectivity index (χ4n) is 2.76. The highest BCUT2D eigenvalue weighted by molar-refractivity contribution is 9.10. The van der Waals surface area contributed by atoms with Gasteiger partial charge in [0, 0.05) is 36.7 Å². The molecule has 0 spiro atoms. The fraction of sp³-hybridized carbons (Fsp3) is 0.600. The van der Waals surface area contributed by atoms with Crippen molar-refractivity contribution in [2.45, 2.75) is 12.5 Å². The van der Waals surface area contributed by atoms with Crippen LogP contribution < -0.4 is 14.8 Å². The fourth-order valence-corrected chi connectivity index (χ4v) is 3.34. The number of piperazine rings is 1. The second-order valence-corrected chi connectivity index (χ2v) is 5.86. The highest BCUT2D eigenvalue weighted by Gasteiger charge is 2.25. The van der Waals surface area contributed by atoms with E-state index in [1.54, 1.807) is 14.2 Å². The topological polar surface area (TPSA) is 33.7 Å². The second-order valence-electron chi connectivity index (χ2n) is 5.01. The molecule has 2 rings (SSSR count). The molecule has 1 N–H and O–H groups in total. The smallest absolute Gasteiger partial charge is 0.161 e. The van der Waals surface area contributed by atoms with Gasteiger partial charge in [0.05, 0.1) is 20.9 Å². The third-order valence-electron chi connectivity index (χ3n) is 3.84. The third kappa shape index (κ3) is 3.87. The van der Waals surface area contributed by atoms with E-state index in [0.717, 1.165) is 36.2 Å². The first kappa shape index (κ1) is 16.5. The quantitative estimate of drug-likeness (QED) is 0.845. The maximum Gasteiger partial charge on any atom is 0.161 e. The van der Waals surface area contributed by atoms with Gasteiger partial charge in [-0.1, -0.05) is 15.9 Å². The van der Waals surface area contributed by atoms with E-state index in [1.165, 1.54) is 0 Å². The van der Waals surface area contributed by atoms with Crippen LogP contribution in [0.1, 0.15) is 18.0 Å². The molecular formula is C15H22BrFN2O2. The van der Waals surface area contributed by atoms with Crippen LogP contribution in [-0.4, -0.2) is 52.0 Å². The van der Waals surface area contributed by atoms with Gasteiger partial charge in [0.15, 0.2) is 11.5 Å². The van der Waals surface area contributed by atoms with Gasteiger partial charge in [-0.2, -0.15) is 0 Å². The van der Waals surface area contributed by atoms with Gasteiger partial charge in [-0.25, -0.2) is 0 Å². The molecule has 1 aromatic carbocycles. The van der Waals surface area contributed by atoms with Gasteiger partial charge >= 0.3 is 0 Å². The molecule has 0 bridgehead atoms. The SMILES string of the molecule is COc1cc(Br)c([C@@H](CCF)N2CCNCC2)cc1OC. The lowest BCUT2D eigenvalue weighted by molar-refractivity contribution is 0.156. The predicted molar refractivity (Wildman–Crippen MR) is 85.0 cm³/mol.